The van der Waals surface area contributed by atoms with E-state index in [0.717, 1.165) is 6.21 Å². The second-order valence-corrected chi connectivity index (χ2v) is 9.22. The maximum Gasteiger partial charge on any atom is 0.416 e. The Morgan fingerprint density at radius 1 is 1.03 bits per heavy atom. The van der Waals surface area contributed by atoms with Gasteiger partial charge in [0, 0.05) is 16.1 Å². The number of amides is 1. The highest BCUT2D eigenvalue weighted by atomic mass is 35.5. The molecular formula is C22H15Cl2F3N2O4S. The van der Waals surface area contributed by atoms with Gasteiger partial charge in [-0.05, 0) is 47.5 Å². The molecule has 0 radical (unpaired) electrons. The molecule has 0 aliphatic carbocycles. The van der Waals surface area contributed by atoms with Gasteiger partial charge < -0.3 is 0 Å². The normalized spacial score (nSPS) is 12.2. The zero-order valence-electron chi connectivity index (χ0n) is 17.0. The van der Waals surface area contributed by atoms with Crippen molar-refractivity contribution in [3.8, 4) is 11.1 Å². The zero-order chi connectivity index (χ0) is 25.1. The number of alkyl halides is 3. The fourth-order valence-corrected chi connectivity index (χ4v) is 4.21. The number of carbonyl (C=O) groups is 1. The molecular weight excluding hydrogens is 516 g/mol. The molecule has 1 amide bonds. The van der Waals surface area contributed by atoms with Gasteiger partial charge in [0.1, 0.15) is 4.90 Å². The lowest BCUT2D eigenvalue weighted by molar-refractivity contribution is -0.137. The first-order valence-electron chi connectivity index (χ1n) is 9.40. The second kappa shape index (κ2) is 10.1. The average molecular weight is 531 g/mol. The molecule has 3 aromatic carbocycles. The van der Waals surface area contributed by atoms with Crippen molar-refractivity contribution in [1.29, 1.82) is 0 Å². The van der Waals surface area contributed by atoms with Crippen LogP contribution in [0.1, 0.15) is 16.7 Å². The Bertz CT molecular complexity index is 1380. The minimum Gasteiger partial charge on any atom is -0.282 e. The van der Waals surface area contributed by atoms with Crippen LogP contribution in [-0.2, 0) is 27.5 Å². The van der Waals surface area contributed by atoms with Gasteiger partial charge in [0.15, 0.2) is 0 Å². The summed E-state index contributed by atoms with van der Waals surface area (Å²) in [5.41, 5.74) is 1.29. The molecule has 0 unspecified atom stereocenters. The number of nitrogens with zero attached hydrogens (tertiary/aromatic N) is 1. The molecule has 0 aliphatic rings. The third-order valence-corrected chi connectivity index (χ3v) is 6.04. The summed E-state index contributed by atoms with van der Waals surface area (Å²) < 4.78 is 73.0. The van der Waals surface area contributed by atoms with Crippen molar-refractivity contribution in [3.63, 3.8) is 0 Å². The van der Waals surface area contributed by atoms with Gasteiger partial charge in [0.25, 0.3) is 10.1 Å². The summed E-state index contributed by atoms with van der Waals surface area (Å²) in [6, 6.07) is 12.5. The van der Waals surface area contributed by atoms with Crippen LogP contribution in [-0.4, -0.2) is 25.1 Å². The van der Waals surface area contributed by atoms with E-state index >= 15 is 0 Å². The summed E-state index contributed by atoms with van der Waals surface area (Å²) in [4.78, 5) is 11.4. The van der Waals surface area contributed by atoms with E-state index in [0.29, 0.717) is 28.8 Å². The molecule has 0 fully saturated rings. The van der Waals surface area contributed by atoms with Gasteiger partial charge in [-0.3, -0.25) is 9.35 Å². The molecule has 0 aromatic heterocycles. The van der Waals surface area contributed by atoms with E-state index in [1.807, 2.05) is 0 Å². The molecule has 0 spiro atoms. The molecule has 12 heteroatoms. The number of hydrazone groups is 1. The lowest BCUT2D eigenvalue weighted by Crippen LogP contribution is -2.19. The first-order valence-corrected chi connectivity index (χ1v) is 11.6. The topological polar surface area (TPSA) is 95.8 Å². The lowest BCUT2D eigenvalue weighted by atomic mass is 9.98. The van der Waals surface area contributed by atoms with Crippen molar-refractivity contribution in [2.45, 2.75) is 17.5 Å². The minimum atomic E-state index is -4.88. The van der Waals surface area contributed by atoms with Crippen LogP contribution in [0.3, 0.4) is 0 Å². The van der Waals surface area contributed by atoms with Crippen LogP contribution < -0.4 is 5.43 Å². The average Bonchev–Trinajstić information content (AvgIpc) is 2.73. The molecule has 2 N–H and O–H groups in total. The highest BCUT2D eigenvalue weighted by molar-refractivity contribution is 7.86. The Hall–Kier alpha value is -2.92. The molecule has 6 nitrogen and oxygen atoms in total. The maximum atomic E-state index is 13.3. The van der Waals surface area contributed by atoms with Crippen molar-refractivity contribution in [1.82, 2.24) is 5.43 Å². The quantitative estimate of drug-likeness (QED) is 0.245. The van der Waals surface area contributed by atoms with Crippen LogP contribution in [0.5, 0.6) is 0 Å². The summed E-state index contributed by atoms with van der Waals surface area (Å²) in [6.07, 6.45) is -3.75. The second-order valence-electron chi connectivity index (χ2n) is 6.98. The molecule has 0 aliphatic heterocycles. The Morgan fingerprint density at radius 3 is 2.38 bits per heavy atom. The van der Waals surface area contributed by atoms with Crippen molar-refractivity contribution in [3.05, 3.63) is 87.4 Å². The Kier molecular flexibility index (Phi) is 7.67. The number of benzene rings is 3. The standard InChI is InChI=1S/C22H15Cl2F3N2O4S/c23-15-4-1-3-13(9-15)10-21(30)29-28-12-18-16(5-2-6-19(18)24)17-11-14(22(25,26)27)7-8-20(17)34(31,32)33/h1-9,11-12H,10H2,(H,29,30)(H,31,32,33)/b28-12-. The third-order valence-electron chi connectivity index (χ3n) is 4.56. The molecule has 0 heterocycles. The van der Waals surface area contributed by atoms with E-state index in [-0.39, 0.29) is 22.6 Å². The number of hydrogen-bond donors (Lipinski definition) is 2. The molecule has 34 heavy (non-hydrogen) atoms. The summed E-state index contributed by atoms with van der Waals surface area (Å²) in [5.74, 6) is -0.509. The van der Waals surface area contributed by atoms with Crippen LogP contribution in [0.4, 0.5) is 13.2 Å². The molecule has 3 rings (SSSR count). The highest BCUT2D eigenvalue weighted by Gasteiger charge is 2.32. The van der Waals surface area contributed by atoms with Gasteiger partial charge in [-0.2, -0.15) is 26.7 Å². The predicted molar refractivity (Wildman–Crippen MR) is 123 cm³/mol. The van der Waals surface area contributed by atoms with Crippen LogP contribution in [0, 0.1) is 0 Å². The van der Waals surface area contributed by atoms with E-state index in [1.165, 1.54) is 18.2 Å². The SMILES string of the molecule is O=C(Cc1cccc(Cl)c1)N/N=C\c1c(Cl)cccc1-c1cc(C(F)(F)F)ccc1S(=O)(=O)O. The van der Waals surface area contributed by atoms with Gasteiger partial charge in [0.2, 0.25) is 5.91 Å². The fourth-order valence-electron chi connectivity index (χ4n) is 3.09. The van der Waals surface area contributed by atoms with E-state index in [4.69, 9.17) is 23.2 Å². The van der Waals surface area contributed by atoms with Crippen LogP contribution in [0.25, 0.3) is 11.1 Å². The summed E-state index contributed by atoms with van der Waals surface area (Å²) in [7, 11) is -4.88. The third kappa shape index (κ3) is 6.35. The summed E-state index contributed by atoms with van der Waals surface area (Å²) in [6.45, 7) is 0. The largest absolute Gasteiger partial charge is 0.416 e. The van der Waals surface area contributed by atoms with Crippen LogP contribution >= 0.6 is 23.2 Å². The predicted octanol–water partition coefficient (Wildman–Crippen LogP) is 5.62. The summed E-state index contributed by atoms with van der Waals surface area (Å²) >= 11 is 12.1. The smallest absolute Gasteiger partial charge is 0.282 e. The monoisotopic (exact) mass is 530 g/mol. The number of hydrogen-bond acceptors (Lipinski definition) is 4. The summed E-state index contributed by atoms with van der Waals surface area (Å²) in [5, 5.41) is 4.26. The van der Waals surface area contributed by atoms with Crippen LogP contribution in [0.15, 0.2) is 70.7 Å². The maximum absolute atomic E-state index is 13.3. The Labute approximate surface area is 202 Å². The minimum absolute atomic E-state index is 0.0176. The molecule has 0 saturated carbocycles. The van der Waals surface area contributed by atoms with E-state index < -0.39 is 38.2 Å². The number of halogens is 5. The lowest BCUT2D eigenvalue weighted by Gasteiger charge is -2.14. The number of carbonyl (C=O) groups excluding carboxylic acids is 1. The first-order chi connectivity index (χ1) is 15.9. The van der Waals surface area contributed by atoms with E-state index in [1.54, 1.807) is 24.3 Å². The van der Waals surface area contributed by atoms with Gasteiger partial charge in [-0.15, -0.1) is 0 Å². The molecule has 0 bridgehead atoms. The molecule has 178 valence electrons. The first kappa shape index (κ1) is 25.7. The number of nitrogens with one attached hydrogen (secondary N) is 1. The fraction of sp³-hybridized carbons (Fsp3) is 0.0909. The Balaban J connectivity index is 1.98. The van der Waals surface area contributed by atoms with Gasteiger partial charge >= 0.3 is 6.18 Å². The van der Waals surface area contributed by atoms with Crippen molar-refractivity contribution in [2.75, 3.05) is 0 Å². The van der Waals surface area contributed by atoms with Crippen molar-refractivity contribution >= 4 is 45.4 Å². The molecule has 0 saturated heterocycles. The Morgan fingerprint density at radius 2 is 1.74 bits per heavy atom. The van der Waals surface area contributed by atoms with Gasteiger partial charge in [-0.25, -0.2) is 5.43 Å². The van der Waals surface area contributed by atoms with Crippen LogP contribution in [0.2, 0.25) is 10.0 Å². The van der Waals surface area contributed by atoms with Crippen molar-refractivity contribution in [2.24, 2.45) is 5.10 Å². The van der Waals surface area contributed by atoms with Gasteiger partial charge in [-0.1, -0.05) is 47.5 Å². The van der Waals surface area contributed by atoms with E-state index in [9.17, 15) is 30.9 Å². The van der Waals surface area contributed by atoms with E-state index in [2.05, 4.69) is 10.5 Å². The molecule has 3 aromatic rings. The van der Waals surface area contributed by atoms with Gasteiger partial charge in [0.05, 0.1) is 23.2 Å². The molecule has 0 atom stereocenters. The number of rotatable bonds is 6. The zero-order valence-corrected chi connectivity index (χ0v) is 19.3. The van der Waals surface area contributed by atoms with Crippen molar-refractivity contribution < 1.29 is 30.9 Å². The highest BCUT2D eigenvalue weighted by Crippen LogP contribution is 2.37.